The molecule has 1 atom stereocenters. The fourth-order valence-electron chi connectivity index (χ4n) is 3.12. The highest BCUT2D eigenvalue weighted by Gasteiger charge is 2.22. The lowest BCUT2D eigenvalue weighted by Gasteiger charge is -2.32. The first kappa shape index (κ1) is 13.6. The van der Waals surface area contributed by atoms with Crippen LogP contribution in [-0.4, -0.2) is 34.6 Å². The van der Waals surface area contributed by atoms with Crippen molar-refractivity contribution in [2.24, 2.45) is 18.7 Å². The molecule has 1 saturated carbocycles. The molecule has 4 heteroatoms. The Hall–Kier alpha value is -0.870. The molecule has 2 rings (SSSR count). The molecule has 102 valence electrons. The molecule has 2 N–H and O–H groups in total. The molecule has 1 aliphatic carbocycles. The molecule has 1 heterocycles. The third-order valence-electron chi connectivity index (χ3n) is 4.22. The van der Waals surface area contributed by atoms with Gasteiger partial charge in [0.25, 0.3) is 0 Å². The summed E-state index contributed by atoms with van der Waals surface area (Å²) < 4.78 is 2.08. The molecule has 0 aromatic carbocycles. The third-order valence-corrected chi connectivity index (χ3v) is 4.22. The first-order chi connectivity index (χ1) is 8.72. The number of nitrogens with zero attached hydrogens (tertiary/aromatic N) is 3. The second-order valence-corrected chi connectivity index (χ2v) is 5.62. The van der Waals surface area contributed by atoms with Crippen LogP contribution in [0.15, 0.2) is 12.5 Å². The van der Waals surface area contributed by atoms with E-state index in [1.807, 2.05) is 19.6 Å². The Morgan fingerprint density at radius 3 is 2.72 bits per heavy atom. The molecule has 1 aliphatic rings. The largest absolute Gasteiger partial charge is 0.336 e. The van der Waals surface area contributed by atoms with Crippen LogP contribution in [0.2, 0.25) is 0 Å². The lowest BCUT2D eigenvalue weighted by molar-refractivity contribution is 0.181. The second kappa shape index (κ2) is 6.34. The van der Waals surface area contributed by atoms with Crippen LogP contribution < -0.4 is 5.73 Å². The van der Waals surface area contributed by atoms with Crippen LogP contribution in [0.25, 0.3) is 0 Å². The summed E-state index contributed by atoms with van der Waals surface area (Å²) in [5.41, 5.74) is 7.17. The van der Waals surface area contributed by atoms with E-state index >= 15 is 0 Å². The van der Waals surface area contributed by atoms with E-state index in [0.717, 1.165) is 12.5 Å². The molecular weight excluding hydrogens is 224 g/mol. The summed E-state index contributed by atoms with van der Waals surface area (Å²) in [4.78, 5) is 6.61. The maximum absolute atomic E-state index is 5.96. The van der Waals surface area contributed by atoms with Crippen LogP contribution in [-0.2, 0) is 7.05 Å². The van der Waals surface area contributed by atoms with Gasteiger partial charge in [-0.1, -0.05) is 19.3 Å². The molecular formula is C14H26N4. The lowest BCUT2D eigenvalue weighted by Crippen LogP contribution is -2.35. The van der Waals surface area contributed by atoms with Gasteiger partial charge < -0.3 is 10.3 Å². The van der Waals surface area contributed by atoms with Gasteiger partial charge in [-0.3, -0.25) is 4.90 Å². The molecule has 0 radical (unpaired) electrons. The van der Waals surface area contributed by atoms with E-state index in [1.54, 1.807) is 0 Å². The predicted molar refractivity (Wildman–Crippen MR) is 74.2 cm³/mol. The quantitative estimate of drug-likeness (QED) is 0.868. The maximum Gasteiger partial charge on any atom is 0.0946 e. The molecule has 0 amide bonds. The van der Waals surface area contributed by atoms with Gasteiger partial charge in [0.1, 0.15) is 0 Å². The van der Waals surface area contributed by atoms with Crippen molar-refractivity contribution in [3.63, 3.8) is 0 Å². The summed E-state index contributed by atoms with van der Waals surface area (Å²) in [5, 5.41) is 0. The van der Waals surface area contributed by atoms with E-state index in [1.165, 1.54) is 37.8 Å². The first-order valence-corrected chi connectivity index (χ1v) is 7.09. The summed E-state index contributed by atoms with van der Waals surface area (Å²) in [6, 6.07) is 0.291. The number of aromatic nitrogens is 2. The number of rotatable bonds is 5. The molecule has 18 heavy (non-hydrogen) atoms. The fourth-order valence-corrected chi connectivity index (χ4v) is 3.12. The summed E-state index contributed by atoms with van der Waals surface area (Å²) in [6.07, 6.45) is 10.8. The van der Waals surface area contributed by atoms with Crippen molar-refractivity contribution in [1.82, 2.24) is 14.5 Å². The van der Waals surface area contributed by atoms with Crippen molar-refractivity contribution in [1.29, 1.82) is 0 Å². The summed E-state index contributed by atoms with van der Waals surface area (Å²) in [6.45, 7) is 1.82. The Labute approximate surface area is 110 Å². The third kappa shape index (κ3) is 3.12. The van der Waals surface area contributed by atoms with Crippen molar-refractivity contribution in [2.45, 2.75) is 38.1 Å². The minimum Gasteiger partial charge on any atom is -0.336 e. The molecule has 0 bridgehead atoms. The highest BCUT2D eigenvalue weighted by Crippen LogP contribution is 2.26. The Balaban J connectivity index is 1.97. The minimum absolute atomic E-state index is 0.291. The Morgan fingerprint density at radius 2 is 2.17 bits per heavy atom. The Morgan fingerprint density at radius 1 is 1.44 bits per heavy atom. The predicted octanol–water partition coefficient (Wildman–Crippen LogP) is 1.93. The molecule has 0 aliphatic heterocycles. The van der Waals surface area contributed by atoms with E-state index < -0.39 is 0 Å². The molecule has 0 saturated heterocycles. The number of imidazole rings is 1. The molecule has 4 nitrogen and oxygen atoms in total. The van der Waals surface area contributed by atoms with E-state index in [-0.39, 0.29) is 0 Å². The van der Waals surface area contributed by atoms with Crippen LogP contribution >= 0.6 is 0 Å². The smallest absolute Gasteiger partial charge is 0.0946 e. The zero-order valence-corrected chi connectivity index (χ0v) is 11.7. The topological polar surface area (TPSA) is 47.1 Å². The molecule has 1 aromatic heterocycles. The first-order valence-electron chi connectivity index (χ1n) is 7.09. The van der Waals surface area contributed by atoms with Gasteiger partial charge in [0, 0.05) is 26.3 Å². The van der Waals surface area contributed by atoms with E-state index in [2.05, 4.69) is 21.5 Å². The SMILES string of the molecule is CN(CC1CCCCC1)C(CN)c1cncn1C. The van der Waals surface area contributed by atoms with Gasteiger partial charge in [-0.05, 0) is 25.8 Å². The van der Waals surface area contributed by atoms with Crippen LogP contribution in [0.4, 0.5) is 0 Å². The minimum atomic E-state index is 0.291. The van der Waals surface area contributed by atoms with Gasteiger partial charge in [-0.25, -0.2) is 4.98 Å². The highest BCUT2D eigenvalue weighted by molar-refractivity contribution is 5.05. The van der Waals surface area contributed by atoms with Crippen molar-refractivity contribution in [3.8, 4) is 0 Å². The maximum atomic E-state index is 5.96. The number of likely N-dealkylation sites (N-methyl/N-ethyl adjacent to an activating group) is 1. The highest BCUT2D eigenvalue weighted by atomic mass is 15.2. The number of hydrogen-bond acceptors (Lipinski definition) is 3. The van der Waals surface area contributed by atoms with Crippen molar-refractivity contribution in [2.75, 3.05) is 20.1 Å². The van der Waals surface area contributed by atoms with Crippen molar-refractivity contribution >= 4 is 0 Å². The average molecular weight is 250 g/mol. The summed E-state index contributed by atoms with van der Waals surface area (Å²) in [5.74, 6) is 0.853. The number of aryl methyl sites for hydroxylation is 1. The molecule has 0 spiro atoms. The number of nitrogens with two attached hydrogens (primary N) is 1. The molecule has 1 aromatic rings. The zero-order valence-electron chi connectivity index (χ0n) is 11.7. The van der Waals surface area contributed by atoms with E-state index in [0.29, 0.717) is 12.6 Å². The summed E-state index contributed by atoms with van der Waals surface area (Å²) in [7, 11) is 4.23. The van der Waals surface area contributed by atoms with E-state index in [9.17, 15) is 0 Å². The van der Waals surface area contributed by atoms with Crippen molar-refractivity contribution < 1.29 is 0 Å². The normalized spacial score (nSPS) is 19.3. The van der Waals surface area contributed by atoms with Crippen LogP contribution in [0, 0.1) is 5.92 Å². The van der Waals surface area contributed by atoms with Crippen molar-refractivity contribution in [3.05, 3.63) is 18.2 Å². The van der Waals surface area contributed by atoms with Gasteiger partial charge >= 0.3 is 0 Å². The van der Waals surface area contributed by atoms with E-state index in [4.69, 9.17) is 5.73 Å². The second-order valence-electron chi connectivity index (χ2n) is 5.62. The van der Waals surface area contributed by atoms with Crippen LogP contribution in [0.3, 0.4) is 0 Å². The monoisotopic (exact) mass is 250 g/mol. The fraction of sp³-hybridized carbons (Fsp3) is 0.786. The van der Waals surface area contributed by atoms with Crippen LogP contribution in [0.5, 0.6) is 0 Å². The molecule has 1 unspecified atom stereocenters. The van der Waals surface area contributed by atoms with Gasteiger partial charge in [-0.15, -0.1) is 0 Å². The Bertz CT molecular complexity index is 354. The lowest BCUT2D eigenvalue weighted by atomic mass is 9.88. The van der Waals surface area contributed by atoms with Gasteiger partial charge in [0.15, 0.2) is 0 Å². The standard InChI is InChI=1S/C14H26N4/c1-17(10-12-6-4-3-5-7-12)13(8-15)14-9-16-11-18(14)2/h9,11-13H,3-8,10,15H2,1-2H3. The molecule has 1 fully saturated rings. The average Bonchev–Trinajstić information content (AvgIpc) is 2.78. The Kier molecular flexibility index (Phi) is 4.78. The van der Waals surface area contributed by atoms with Gasteiger partial charge in [0.2, 0.25) is 0 Å². The number of hydrogen-bond donors (Lipinski definition) is 1. The van der Waals surface area contributed by atoms with Gasteiger partial charge in [0.05, 0.1) is 18.1 Å². The van der Waals surface area contributed by atoms with Gasteiger partial charge in [-0.2, -0.15) is 0 Å². The van der Waals surface area contributed by atoms with Crippen LogP contribution in [0.1, 0.15) is 43.8 Å². The summed E-state index contributed by atoms with van der Waals surface area (Å²) >= 11 is 0. The zero-order chi connectivity index (χ0) is 13.0.